The molecule has 23 heavy (non-hydrogen) atoms. The lowest BCUT2D eigenvalue weighted by Gasteiger charge is -2.43. The molecule has 2 fully saturated rings. The zero-order valence-electron chi connectivity index (χ0n) is 13.2. The molecule has 0 unspecified atom stereocenters. The van der Waals surface area contributed by atoms with E-state index in [1.807, 2.05) is 4.90 Å². The number of fused-ring (bicyclic) bond motifs is 1. The van der Waals surface area contributed by atoms with Gasteiger partial charge in [0.15, 0.2) is 0 Å². The number of benzene rings is 1. The molecule has 6 heteroatoms. The monoisotopic (exact) mass is 320 g/mol. The molecule has 1 N–H and O–H groups in total. The first-order valence-electron chi connectivity index (χ1n) is 8.06. The van der Waals surface area contributed by atoms with Crippen LogP contribution in [0.5, 0.6) is 0 Å². The summed E-state index contributed by atoms with van der Waals surface area (Å²) in [5, 5.41) is 2.42. The molecule has 1 aromatic rings. The molecule has 1 aromatic carbocycles. The Bertz CT molecular complexity index is 618. The van der Waals surface area contributed by atoms with Gasteiger partial charge in [0.1, 0.15) is 5.82 Å². The van der Waals surface area contributed by atoms with Crippen molar-refractivity contribution in [1.82, 2.24) is 4.90 Å². The normalized spacial score (nSPS) is 24.0. The number of halogens is 1. The highest BCUT2D eigenvalue weighted by Gasteiger charge is 2.37. The fraction of sp³-hybridized carbons (Fsp3) is 0.529. The first-order valence-corrected chi connectivity index (χ1v) is 8.06. The Morgan fingerprint density at radius 3 is 2.87 bits per heavy atom. The molecule has 2 aliphatic rings. The Balaban J connectivity index is 1.83. The van der Waals surface area contributed by atoms with Gasteiger partial charge in [-0.1, -0.05) is 12.8 Å². The van der Waals surface area contributed by atoms with E-state index < -0.39 is 5.82 Å². The molecular formula is C17H21FN2O3. The largest absolute Gasteiger partial charge is 0.374 e. The quantitative estimate of drug-likeness (QED) is 0.911. The third kappa shape index (κ3) is 3.37. The summed E-state index contributed by atoms with van der Waals surface area (Å²) in [4.78, 5) is 25.8. The number of hydrogen-bond donors (Lipinski definition) is 1. The van der Waals surface area contributed by atoms with E-state index >= 15 is 0 Å². The van der Waals surface area contributed by atoms with Crippen LogP contribution in [0.15, 0.2) is 18.2 Å². The van der Waals surface area contributed by atoms with Crippen LogP contribution in [0.4, 0.5) is 10.1 Å². The number of morpholine rings is 1. The van der Waals surface area contributed by atoms with Crippen molar-refractivity contribution in [3.05, 3.63) is 29.6 Å². The van der Waals surface area contributed by atoms with Gasteiger partial charge in [-0.05, 0) is 31.0 Å². The van der Waals surface area contributed by atoms with E-state index in [4.69, 9.17) is 4.74 Å². The molecule has 2 amide bonds. The van der Waals surface area contributed by atoms with Gasteiger partial charge >= 0.3 is 0 Å². The number of carbonyl (C=O) groups is 2. The van der Waals surface area contributed by atoms with Gasteiger partial charge in [0.05, 0.1) is 24.4 Å². The van der Waals surface area contributed by atoms with Gasteiger partial charge in [-0.3, -0.25) is 9.59 Å². The summed E-state index contributed by atoms with van der Waals surface area (Å²) in [6.07, 6.45) is 4.25. The van der Waals surface area contributed by atoms with Crippen LogP contribution < -0.4 is 5.32 Å². The van der Waals surface area contributed by atoms with Gasteiger partial charge in [0, 0.05) is 19.0 Å². The Labute approximate surface area is 134 Å². The summed E-state index contributed by atoms with van der Waals surface area (Å²) in [7, 11) is 0. The van der Waals surface area contributed by atoms with Crippen LogP contribution in [-0.2, 0) is 9.53 Å². The summed E-state index contributed by atoms with van der Waals surface area (Å²) in [6.45, 7) is 2.39. The first kappa shape index (κ1) is 15.9. The zero-order valence-corrected chi connectivity index (χ0v) is 13.2. The Hall–Kier alpha value is -1.95. The summed E-state index contributed by atoms with van der Waals surface area (Å²) in [5.41, 5.74) is 0.429. The van der Waals surface area contributed by atoms with Crippen molar-refractivity contribution in [1.29, 1.82) is 0 Å². The number of rotatable bonds is 2. The minimum absolute atomic E-state index is 0.0387. The molecule has 1 aliphatic carbocycles. The van der Waals surface area contributed by atoms with E-state index in [0.717, 1.165) is 25.7 Å². The minimum Gasteiger partial charge on any atom is -0.374 e. The van der Waals surface area contributed by atoms with Crippen molar-refractivity contribution in [2.75, 3.05) is 18.5 Å². The average Bonchev–Trinajstić information content (AvgIpc) is 2.55. The van der Waals surface area contributed by atoms with E-state index in [-0.39, 0.29) is 29.6 Å². The van der Waals surface area contributed by atoms with Crippen molar-refractivity contribution in [3.8, 4) is 0 Å². The Morgan fingerprint density at radius 2 is 2.09 bits per heavy atom. The zero-order chi connectivity index (χ0) is 16.4. The van der Waals surface area contributed by atoms with Gasteiger partial charge < -0.3 is 15.0 Å². The van der Waals surface area contributed by atoms with E-state index in [1.165, 1.54) is 25.1 Å². The third-order valence-corrected chi connectivity index (χ3v) is 4.52. The fourth-order valence-corrected chi connectivity index (χ4v) is 3.46. The van der Waals surface area contributed by atoms with Crippen molar-refractivity contribution < 1.29 is 18.7 Å². The molecular weight excluding hydrogens is 299 g/mol. The smallest absolute Gasteiger partial charge is 0.254 e. The van der Waals surface area contributed by atoms with Crippen LogP contribution >= 0.6 is 0 Å². The maximum Gasteiger partial charge on any atom is 0.254 e. The van der Waals surface area contributed by atoms with Crippen LogP contribution in [0.1, 0.15) is 43.0 Å². The van der Waals surface area contributed by atoms with Crippen molar-refractivity contribution in [3.63, 3.8) is 0 Å². The van der Waals surface area contributed by atoms with Gasteiger partial charge in [-0.2, -0.15) is 0 Å². The van der Waals surface area contributed by atoms with Gasteiger partial charge in [-0.15, -0.1) is 0 Å². The molecule has 0 aromatic heterocycles. The number of nitrogens with zero attached hydrogens (tertiary/aromatic N) is 1. The minimum atomic E-state index is -0.547. The standard InChI is InChI=1S/C17H21FN2O3/c1-11(21)19-14-10-12(6-7-13(14)18)17(22)20-8-9-23-16-5-3-2-4-15(16)20/h6-7,10,15-16H,2-5,8-9H2,1H3,(H,19,21)/t15-,16-/m1/s1. The lowest BCUT2D eigenvalue weighted by molar-refractivity contribution is -0.114. The molecule has 3 rings (SSSR count). The molecule has 1 saturated carbocycles. The second-order valence-electron chi connectivity index (χ2n) is 6.14. The van der Waals surface area contributed by atoms with E-state index in [2.05, 4.69) is 5.32 Å². The average molecular weight is 320 g/mol. The Kier molecular flexibility index (Phi) is 4.61. The van der Waals surface area contributed by atoms with E-state index in [1.54, 1.807) is 0 Å². The fourth-order valence-electron chi connectivity index (χ4n) is 3.46. The molecule has 5 nitrogen and oxygen atoms in total. The second-order valence-corrected chi connectivity index (χ2v) is 6.14. The lowest BCUT2D eigenvalue weighted by atomic mass is 9.89. The maximum absolute atomic E-state index is 13.7. The third-order valence-electron chi connectivity index (χ3n) is 4.52. The highest BCUT2D eigenvalue weighted by atomic mass is 19.1. The maximum atomic E-state index is 13.7. The van der Waals surface area contributed by atoms with Crippen LogP contribution in [0, 0.1) is 5.82 Å². The first-order chi connectivity index (χ1) is 11.1. The summed E-state index contributed by atoms with van der Waals surface area (Å²) in [6, 6.07) is 4.19. The van der Waals surface area contributed by atoms with Crippen LogP contribution in [0.25, 0.3) is 0 Å². The molecule has 0 radical (unpaired) electrons. The predicted octanol–water partition coefficient (Wildman–Crippen LogP) is 2.57. The highest BCUT2D eigenvalue weighted by molar-refractivity contribution is 5.97. The molecule has 2 atom stereocenters. The number of anilines is 1. The number of amides is 2. The van der Waals surface area contributed by atoms with E-state index in [9.17, 15) is 14.0 Å². The van der Waals surface area contributed by atoms with Gasteiger partial charge in [0.25, 0.3) is 5.91 Å². The van der Waals surface area contributed by atoms with Crippen LogP contribution in [0.3, 0.4) is 0 Å². The molecule has 0 spiro atoms. The van der Waals surface area contributed by atoms with Crippen molar-refractivity contribution >= 4 is 17.5 Å². The molecule has 1 aliphatic heterocycles. The van der Waals surface area contributed by atoms with Crippen molar-refractivity contribution in [2.45, 2.75) is 44.8 Å². The lowest BCUT2D eigenvalue weighted by Crippen LogP contribution is -2.54. The molecule has 1 heterocycles. The van der Waals surface area contributed by atoms with Gasteiger partial charge in [0.2, 0.25) is 5.91 Å². The number of nitrogens with one attached hydrogen (secondary N) is 1. The summed E-state index contributed by atoms with van der Waals surface area (Å²) >= 11 is 0. The topological polar surface area (TPSA) is 58.6 Å². The van der Waals surface area contributed by atoms with Crippen molar-refractivity contribution in [2.24, 2.45) is 0 Å². The van der Waals surface area contributed by atoms with E-state index in [0.29, 0.717) is 18.7 Å². The SMILES string of the molecule is CC(=O)Nc1cc(C(=O)N2CCO[C@@H]3CCCC[C@H]32)ccc1F. The van der Waals surface area contributed by atoms with Gasteiger partial charge in [-0.25, -0.2) is 4.39 Å². The highest BCUT2D eigenvalue weighted by Crippen LogP contribution is 2.30. The Morgan fingerprint density at radius 1 is 1.30 bits per heavy atom. The van der Waals surface area contributed by atoms with Crippen LogP contribution in [0.2, 0.25) is 0 Å². The number of hydrogen-bond acceptors (Lipinski definition) is 3. The molecule has 0 bridgehead atoms. The predicted molar refractivity (Wildman–Crippen MR) is 83.7 cm³/mol. The number of ether oxygens (including phenoxy) is 1. The summed E-state index contributed by atoms with van der Waals surface area (Å²) in [5.74, 6) is -1.04. The molecule has 1 saturated heterocycles. The van der Waals surface area contributed by atoms with Crippen LogP contribution in [-0.4, -0.2) is 42.0 Å². The second kappa shape index (κ2) is 6.66. The molecule has 124 valence electrons. The number of carbonyl (C=O) groups excluding carboxylic acids is 2. The summed E-state index contributed by atoms with van der Waals surface area (Å²) < 4.78 is 19.5.